The summed E-state index contributed by atoms with van der Waals surface area (Å²) in [5.41, 5.74) is 3.79. The van der Waals surface area contributed by atoms with Gasteiger partial charge in [-0.25, -0.2) is 13.6 Å². The minimum Gasteiger partial charge on any atom is -0.488 e. The van der Waals surface area contributed by atoms with E-state index in [2.05, 4.69) is 10.4 Å². The van der Waals surface area contributed by atoms with Gasteiger partial charge in [0.05, 0.1) is 16.9 Å². The van der Waals surface area contributed by atoms with Gasteiger partial charge < -0.3 is 20.1 Å². The first kappa shape index (κ1) is 25.9. The molecule has 0 unspecified atom stereocenters. The highest BCUT2D eigenvalue weighted by atomic mass is 19.1. The summed E-state index contributed by atoms with van der Waals surface area (Å²) in [6.07, 6.45) is 0. The zero-order valence-corrected chi connectivity index (χ0v) is 21.4. The molecular weight excluding hydrogens is 506 g/mol. The average molecular weight is 533 g/mol. The fourth-order valence-electron chi connectivity index (χ4n) is 4.73. The Bertz CT molecular complexity index is 1580. The summed E-state index contributed by atoms with van der Waals surface area (Å²) in [5, 5.41) is 16.6. The number of carboxylic acids is 1. The van der Waals surface area contributed by atoms with Gasteiger partial charge in [0, 0.05) is 37.8 Å². The first-order valence-electron chi connectivity index (χ1n) is 12.3. The van der Waals surface area contributed by atoms with E-state index < -0.39 is 17.6 Å². The summed E-state index contributed by atoms with van der Waals surface area (Å²) in [5.74, 6) is -2.04. The van der Waals surface area contributed by atoms with E-state index in [0.29, 0.717) is 22.6 Å². The van der Waals surface area contributed by atoms with Crippen LogP contribution in [0.4, 0.5) is 14.5 Å². The number of hydrogen-bond acceptors (Lipinski definition) is 5. The molecule has 1 aromatic heterocycles. The van der Waals surface area contributed by atoms with Gasteiger partial charge in [0.2, 0.25) is 0 Å². The number of hydrogen-bond donors (Lipinski definition) is 2. The summed E-state index contributed by atoms with van der Waals surface area (Å²) in [6, 6.07) is 15.5. The number of nitrogens with one attached hydrogen (secondary N) is 1. The Labute approximate surface area is 223 Å². The third kappa shape index (κ3) is 5.31. The van der Waals surface area contributed by atoms with E-state index in [-0.39, 0.29) is 49.1 Å². The van der Waals surface area contributed by atoms with Crippen LogP contribution in [0.5, 0.6) is 5.75 Å². The molecule has 8 nitrogen and oxygen atoms in total. The van der Waals surface area contributed by atoms with Crippen LogP contribution in [0.25, 0.3) is 11.3 Å². The van der Waals surface area contributed by atoms with Crippen LogP contribution in [0.3, 0.4) is 0 Å². The standard InChI is InChI=1S/C29H26F2N4O4/c1-17-4-3-5-18(12-17)15-35(11-10-32-24-13-19(29(37)38)6-8-23(24)31)28(36)26-22-16-39-25-9-7-20(30)14-21(25)27(22)34(2)33-26/h3-9,12-14,32H,10-11,15-16H2,1-2H3,(H,37,38). The Morgan fingerprint density at radius 1 is 1.13 bits per heavy atom. The highest BCUT2D eigenvalue weighted by Gasteiger charge is 2.31. The lowest BCUT2D eigenvalue weighted by Gasteiger charge is -2.24. The number of aromatic carboxylic acids is 1. The smallest absolute Gasteiger partial charge is 0.335 e. The molecule has 1 amide bonds. The van der Waals surface area contributed by atoms with E-state index in [0.717, 1.165) is 17.2 Å². The van der Waals surface area contributed by atoms with Crippen LogP contribution in [0.1, 0.15) is 37.5 Å². The van der Waals surface area contributed by atoms with Gasteiger partial charge in [0.1, 0.15) is 24.0 Å². The van der Waals surface area contributed by atoms with E-state index in [1.807, 2.05) is 31.2 Å². The van der Waals surface area contributed by atoms with Crippen molar-refractivity contribution in [2.75, 3.05) is 18.4 Å². The van der Waals surface area contributed by atoms with Gasteiger partial charge in [0.25, 0.3) is 5.91 Å². The van der Waals surface area contributed by atoms with E-state index in [4.69, 9.17) is 4.74 Å². The highest BCUT2D eigenvalue weighted by Crippen LogP contribution is 2.39. The summed E-state index contributed by atoms with van der Waals surface area (Å²) in [6.45, 7) is 2.64. The van der Waals surface area contributed by atoms with Crippen molar-refractivity contribution in [3.05, 3.63) is 100 Å². The Hall–Kier alpha value is -4.73. The fraction of sp³-hybridized carbons (Fsp3) is 0.207. The fourth-order valence-corrected chi connectivity index (χ4v) is 4.73. The molecule has 1 aliphatic heterocycles. The third-order valence-corrected chi connectivity index (χ3v) is 6.57. The monoisotopic (exact) mass is 532 g/mol. The normalized spacial score (nSPS) is 11.8. The van der Waals surface area contributed by atoms with Crippen LogP contribution in [-0.2, 0) is 20.2 Å². The predicted octanol–water partition coefficient (Wildman–Crippen LogP) is 5.02. The minimum absolute atomic E-state index is 0.0279. The molecule has 2 heterocycles. The number of amides is 1. The van der Waals surface area contributed by atoms with Crippen molar-refractivity contribution in [1.82, 2.24) is 14.7 Å². The van der Waals surface area contributed by atoms with Crippen LogP contribution >= 0.6 is 0 Å². The van der Waals surface area contributed by atoms with Crippen molar-refractivity contribution >= 4 is 17.6 Å². The number of rotatable bonds is 8. The molecule has 39 heavy (non-hydrogen) atoms. The number of carboxylic acid groups (broad SMARTS) is 1. The second-order valence-electron chi connectivity index (χ2n) is 9.37. The number of aryl methyl sites for hydroxylation is 2. The zero-order valence-electron chi connectivity index (χ0n) is 21.4. The molecule has 5 rings (SSSR count). The van der Waals surface area contributed by atoms with E-state index in [1.165, 1.54) is 24.3 Å². The Balaban J connectivity index is 1.44. The highest BCUT2D eigenvalue weighted by molar-refractivity contribution is 5.96. The number of halogens is 2. The summed E-state index contributed by atoms with van der Waals surface area (Å²) >= 11 is 0. The molecule has 0 spiro atoms. The Morgan fingerprint density at radius 3 is 2.72 bits per heavy atom. The molecule has 3 aromatic carbocycles. The molecular formula is C29H26F2N4O4. The molecule has 0 aliphatic carbocycles. The van der Waals surface area contributed by atoms with Gasteiger partial charge in [-0.3, -0.25) is 9.48 Å². The maximum atomic E-state index is 14.3. The Kier molecular flexibility index (Phi) is 7.02. The molecule has 10 heteroatoms. The lowest BCUT2D eigenvalue weighted by Crippen LogP contribution is -2.35. The maximum absolute atomic E-state index is 14.3. The van der Waals surface area contributed by atoms with Crippen molar-refractivity contribution in [3.8, 4) is 17.0 Å². The number of ether oxygens (including phenoxy) is 1. The summed E-state index contributed by atoms with van der Waals surface area (Å²) < 4.78 is 35.7. The van der Waals surface area contributed by atoms with Crippen LogP contribution < -0.4 is 10.1 Å². The van der Waals surface area contributed by atoms with Crippen molar-refractivity contribution < 1.29 is 28.2 Å². The topological polar surface area (TPSA) is 96.7 Å². The molecule has 0 bridgehead atoms. The Morgan fingerprint density at radius 2 is 1.95 bits per heavy atom. The maximum Gasteiger partial charge on any atom is 0.335 e. The van der Waals surface area contributed by atoms with Gasteiger partial charge in [-0.05, 0) is 48.9 Å². The number of carbonyl (C=O) groups is 2. The van der Waals surface area contributed by atoms with E-state index >= 15 is 0 Å². The van der Waals surface area contributed by atoms with Gasteiger partial charge >= 0.3 is 5.97 Å². The largest absolute Gasteiger partial charge is 0.488 e. The molecule has 0 saturated carbocycles. The van der Waals surface area contributed by atoms with Crippen molar-refractivity contribution in [2.45, 2.75) is 20.1 Å². The second kappa shape index (κ2) is 10.6. The van der Waals surface area contributed by atoms with Gasteiger partial charge in [-0.1, -0.05) is 29.8 Å². The van der Waals surface area contributed by atoms with Gasteiger partial charge in [-0.15, -0.1) is 0 Å². The number of anilines is 1. The van der Waals surface area contributed by atoms with Gasteiger partial charge in [-0.2, -0.15) is 5.10 Å². The van der Waals surface area contributed by atoms with E-state index in [1.54, 1.807) is 22.7 Å². The first-order chi connectivity index (χ1) is 18.7. The molecule has 1 aliphatic rings. The van der Waals surface area contributed by atoms with Crippen molar-refractivity contribution in [2.24, 2.45) is 7.05 Å². The van der Waals surface area contributed by atoms with Crippen molar-refractivity contribution in [1.29, 1.82) is 0 Å². The third-order valence-electron chi connectivity index (χ3n) is 6.57. The van der Waals surface area contributed by atoms with Crippen LogP contribution in [-0.4, -0.2) is 44.8 Å². The average Bonchev–Trinajstić information content (AvgIpc) is 3.25. The van der Waals surface area contributed by atoms with Crippen LogP contribution in [0.2, 0.25) is 0 Å². The SMILES string of the molecule is Cc1cccc(CN(CCNc2cc(C(=O)O)ccc2F)C(=O)c2nn(C)c3c2COc2ccc(F)cc2-3)c1. The second-order valence-corrected chi connectivity index (χ2v) is 9.37. The van der Waals surface area contributed by atoms with E-state index in [9.17, 15) is 23.5 Å². The summed E-state index contributed by atoms with van der Waals surface area (Å²) in [7, 11) is 1.69. The first-order valence-corrected chi connectivity index (χ1v) is 12.3. The number of carbonyl (C=O) groups excluding carboxylic acids is 1. The molecule has 4 aromatic rings. The molecule has 2 N–H and O–H groups in total. The molecule has 200 valence electrons. The molecule has 0 saturated heterocycles. The lowest BCUT2D eigenvalue weighted by atomic mass is 10.0. The number of fused-ring (bicyclic) bond motifs is 3. The predicted molar refractivity (Wildman–Crippen MR) is 141 cm³/mol. The van der Waals surface area contributed by atoms with Gasteiger partial charge in [0.15, 0.2) is 5.69 Å². The lowest BCUT2D eigenvalue weighted by molar-refractivity contribution is 0.0695. The van der Waals surface area contributed by atoms with Crippen LogP contribution in [0.15, 0.2) is 60.7 Å². The summed E-state index contributed by atoms with van der Waals surface area (Å²) in [4.78, 5) is 26.8. The number of nitrogens with zero attached hydrogens (tertiary/aromatic N) is 3. The molecule has 0 fully saturated rings. The number of aromatic nitrogens is 2. The van der Waals surface area contributed by atoms with Crippen LogP contribution in [0, 0.1) is 18.6 Å². The number of benzene rings is 3. The zero-order chi connectivity index (χ0) is 27.7. The van der Waals surface area contributed by atoms with Crippen molar-refractivity contribution in [3.63, 3.8) is 0 Å². The molecule has 0 radical (unpaired) electrons. The molecule has 0 atom stereocenters. The quantitative estimate of drug-likeness (QED) is 0.331. The minimum atomic E-state index is -1.17.